The Morgan fingerprint density at radius 1 is 0.952 bits per heavy atom. The van der Waals surface area contributed by atoms with Crippen LogP contribution < -0.4 is 10.1 Å². The molecule has 0 aliphatic heterocycles. The summed E-state index contributed by atoms with van der Waals surface area (Å²) in [5, 5.41) is 18.2. The van der Waals surface area contributed by atoms with Crippen molar-refractivity contribution in [3.8, 4) is 28.5 Å². The molecule has 0 spiro atoms. The van der Waals surface area contributed by atoms with E-state index in [1.54, 1.807) is 0 Å². The second-order valence-corrected chi connectivity index (χ2v) is 10.1. The Bertz CT molecular complexity index is 1830. The van der Waals surface area contributed by atoms with Crippen molar-refractivity contribution >= 4 is 28.5 Å². The summed E-state index contributed by atoms with van der Waals surface area (Å²) >= 11 is 6.29. The van der Waals surface area contributed by atoms with Crippen LogP contribution in [0.4, 0.5) is 0 Å². The molecule has 210 valence electrons. The number of imidazole rings is 1. The van der Waals surface area contributed by atoms with Gasteiger partial charge in [-0.3, -0.25) is 9.36 Å². The van der Waals surface area contributed by atoms with Gasteiger partial charge in [0, 0.05) is 17.1 Å². The second-order valence-electron chi connectivity index (χ2n) is 9.66. The molecular weight excluding hydrogens is 550 g/mol. The quantitative estimate of drug-likeness (QED) is 0.208. The van der Waals surface area contributed by atoms with Crippen LogP contribution in [-0.4, -0.2) is 49.2 Å². The van der Waals surface area contributed by atoms with Crippen LogP contribution in [0.25, 0.3) is 33.5 Å². The first-order chi connectivity index (χ1) is 20.6. The summed E-state index contributed by atoms with van der Waals surface area (Å²) in [6.07, 6.45) is 0.632. The summed E-state index contributed by atoms with van der Waals surface area (Å²) in [5.41, 5.74) is 6.90. The maximum atomic E-state index is 13.4. The fourth-order valence-corrected chi connectivity index (χ4v) is 5.25. The smallest absolute Gasteiger partial charge is 0.297 e. The monoisotopic (exact) mass is 577 g/mol. The lowest BCUT2D eigenvalue weighted by atomic mass is 9.98. The van der Waals surface area contributed by atoms with Crippen LogP contribution >= 0.6 is 11.6 Å². The number of carbonyl (C=O) groups is 1. The number of carbonyl (C=O) groups excluding carboxylic acids is 1. The first-order valence-corrected chi connectivity index (χ1v) is 14.1. The van der Waals surface area contributed by atoms with E-state index in [0.717, 1.165) is 33.3 Å². The number of ether oxygens (including phenoxy) is 1. The molecule has 6 rings (SSSR count). The Labute approximate surface area is 247 Å². The van der Waals surface area contributed by atoms with E-state index >= 15 is 0 Å². The fourth-order valence-electron chi connectivity index (χ4n) is 5.02. The molecule has 0 bridgehead atoms. The molecule has 0 saturated heterocycles. The summed E-state index contributed by atoms with van der Waals surface area (Å²) in [7, 11) is 0. The van der Waals surface area contributed by atoms with E-state index in [2.05, 4.69) is 50.2 Å². The van der Waals surface area contributed by atoms with Crippen molar-refractivity contribution in [2.24, 2.45) is 0 Å². The lowest BCUT2D eigenvalue weighted by molar-refractivity contribution is 0.0955. The number of nitrogens with one attached hydrogen (secondary N) is 2. The van der Waals surface area contributed by atoms with Gasteiger partial charge in [0.25, 0.3) is 11.9 Å². The average molecular weight is 578 g/mol. The Morgan fingerprint density at radius 2 is 1.74 bits per heavy atom. The molecule has 2 heterocycles. The van der Waals surface area contributed by atoms with E-state index in [0.29, 0.717) is 54.1 Å². The van der Waals surface area contributed by atoms with Gasteiger partial charge in [-0.2, -0.15) is 10.2 Å². The van der Waals surface area contributed by atoms with Crippen LogP contribution in [0.3, 0.4) is 0 Å². The molecule has 0 aliphatic rings. The third-order valence-electron chi connectivity index (χ3n) is 7.01. The number of fused-ring (bicyclic) bond motifs is 1. The minimum Gasteiger partial charge on any atom is -0.465 e. The Kier molecular flexibility index (Phi) is 7.91. The zero-order valence-corrected chi connectivity index (χ0v) is 23.7. The number of benzene rings is 4. The Morgan fingerprint density at radius 3 is 2.50 bits per heavy atom. The molecule has 10 heteroatoms. The van der Waals surface area contributed by atoms with E-state index < -0.39 is 0 Å². The van der Waals surface area contributed by atoms with Crippen LogP contribution in [0.1, 0.15) is 28.4 Å². The molecule has 0 radical (unpaired) electrons. The molecule has 9 nitrogen and oxygen atoms in total. The highest BCUT2D eigenvalue weighted by Crippen LogP contribution is 2.31. The highest BCUT2D eigenvalue weighted by Gasteiger charge is 2.20. The molecule has 0 atom stereocenters. The van der Waals surface area contributed by atoms with Crippen LogP contribution in [0.5, 0.6) is 6.01 Å². The summed E-state index contributed by atoms with van der Waals surface area (Å²) in [6.45, 7) is 3.30. The van der Waals surface area contributed by atoms with Gasteiger partial charge >= 0.3 is 0 Å². The first kappa shape index (κ1) is 27.2. The SMILES string of the molecule is CCOc1nc2cccc(C(=O)NCCc3ccccc3Cl)c2n1Cc1ccc(-c2ccccc2-c2nn[nH]n2)cc1. The zero-order chi connectivity index (χ0) is 28.9. The predicted molar refractivity (Wildman–Crippen MR) is 163 cm³/mol. The summed E-state index contributed by atoms with van der Waals surface area (Å²) in [5.74, 6) is 0.365. The summed E-state index contributed by atoms with van der Waals surface area (Å²) in [4.78, 5) is 18.1. The van der Waals surface area contributed by atoms with Crippen LogP contribution in [0.2, 0.25) is 5.02 Å². The van der Waals surface area contributed by atoms with Crippen molar-refractivity contribution in [1.29, 1.82) is 0 Å². The number of para-hydroxylation sites is 1. The van der Waals surface area contributed by atoms with E-state index in [-0.39, 0.29) is 5.91 Å². The maximum absolute atomic E-state index is 13.4. The topological polar surface area (TPSA) is 111 Å². The van der Waals surface area contributed by atoms with Gasteiger partial charge in [-0.25, -0.2) is 0 Å². The molecule has 2 aromatic heterocycles. The molecule has 42 heavy (non-hydrogen) atoms. The number of aromatic amines is 1. The molecule has 4 aromatic carbocycles. The number of tetrazole rings is 1. The summed E-state index contributed by atoms with van der Waals surface area (Å²) in [6, 6.07) is 29.9. The van der Waals surface area contributed by atoms with Crippen molar-refractivity contribution in [1.82, 2.24) is 35.5 Å². The largest absolute Gasteiger partial charge is 0.465 e. The molecule has 0 aliphatic carbocycles. The predicted octanol–water partition coefficient (Wildman–Crippen LogP) is 5.96. The van der Waals surface area contributed by atoms with Crippen LogP contribution in [-0.2, 0) is 13.0 Å². The van der Waals surface area contributed by atoms with E-state index in [4.69, 9.17) is 21.3 Å². The highest BCUT2D eigenvalue weighted by atomic mass is 35.5. The van der Waals surface area contributed by atoms with Gasteiger partial charge in [0.1, 0.15) is 0 Å². The van der Waals surface area contributed by atoms with Crippen molar-refractivity contribution in [3.63, 3.8) is 0 Å². The van der Waals surface area contributed by atoms with E-state index in [1.165, 1.54) is 0 Å². The van der Waals surface area contributed by atoms with Crippen molar-refractivity contribution in [3.05, 3.63) is 113 Å². The van der Waals surface area contributed by atoms with Gasteiger partial charge in [-0.15, -0.1) is 10.2 Å². The highest BCUT2D eigenvalue weighted by molar-refractivity contribution is 6.31. The number of hydrogen-bond donors (Lipinski definition) is 2. The zero-order valence-electron chi connectivity index (χ0n) is 22.9. The Hall–Kier alpha value is -5.02. The van der Waals surface area contributed by atoms with Gasteiger partial charge in [-0.1, -0.05) is 84.4 Å². The third kappa shape index (κ3) is 5.59. The lowest BCUT2D eigenvalue weighted by Gasteiger charge is -2.13. The number of halogens is 1. The van der Waals surface area contributed by atoms with Crippen molar-refractivity contribution in [2.45, 2.75) is 19.9 Å². The number of rotatable bonds is 10. The normalized spacial score (nSPS) is 11.1. The van der Waals surface area contributed by atoms with Gasteiger partial charge in [0.15, 0.2) is 0 Å². The first-order valence-electron chi connectivity index (χ1n) is 13.7. The van der Waals surface area contributed by atoms with Crippen LogP contribution in [0.15, 0.2) is 91.0 Å². The van der Waals surface area contributed by atoms with Gasteiger partial charge in [0.2, 0.25) is 5.82 Å². The van der Waals surface area contributed by atoms with Crippen molar-refractivity contribution < 1.29 is 9.53 Å². The number of nitrogens with zero attached hydrogens (tertiary/aromatic N) is 5. The minimum absolute atomic E-state index is 0.176. The fraction of sp³-hybridized carbons (Fsp3) is 0.156. The molecule has 0 unspecified atom stereocenters. The van der Waals surface area contributed by atoms with Gasteiger partial charge in [-0.05, 0) is 59.0 Å². The third-order valence-corrected chi connectivity index (χ3v) is 7.38. The summed E-state index contributed by atoms with van der Waals surface area (Å²) < 4.78 is 7.88. The average Bonchev–Trinajstić information content (AvgIpc) is 3.67. The van der Waals surface area contributed by atoms with Crippen molar-refractivity contribution in [2.75, 3.05) is 13.2 Å². The van der Waals surface area contributed by atoms with E-state index in [1.807, 2.05) is 78.2 Å². The van der Waals surface area contributed by atoms with Gasteiger partial charge < -0.3 is 10.1 Å². The number of aromatic nitrogens is 6. The molecule has 6 aromatic rings. The number of H-pyrrole nitrogens is 1. The number of amides is 1. The Balaban J connectivity index is 1.28. The molecule has 0 saturated carbocycles. The van der Waals surface area contributed by atoms with E-state index in [9.17, 15) is 4.79 Å². The minimum atomic E-state index is -0.176. The maximum Gasteiger partial charge on any atom is 0.297 e. The van der Waals surface area contributed by atoms with Crippen LogP contribution in [0, 0.1) is 0 Å². The standard InChI is InChI=1S/C32H28ClN7O2/c1-2-42-32-35-28-13-7-11-26(31(41)34-19-18-23-8-3-6-12-27(23)33)29(28)40(32)20-21-14-16-22(17-15-21)24-9-4-5-10-25(24)30-36-38-39-37-30/h3-17H,2,18-20H2,1H3,(H,34,41)(H,36,37,38,39). The molecule has 0 fully saturated rings. The molecule has 1 amide bonds. The lowest BCUT2D eigenvalue weighted by Crippen LogP contribution is -2.26. The molecular formula is C32H28ClN7O2. The number of hydrogen-bond acceptors (Lipinski definition) is 6. The molecule has 2 N–H and O–H groups in total. The second kappa shape index (κ2) is 12.2. The van der Waals surface area contributed by atoms with Gasteiger partial charge in [0.05, 0.1) is 29.7 Å².